The number of nitro benzene ring substituents is 1. The van der Waals surface area contributed by atoms with E-state index >= 15 is 0 Å². The van der Waals surface area contributed by atoms with Crippen LogP contribution in [0.15, 0.2) is 50.7 Å². The first-order valence-corrected chi connectivity index (χ1v) is 9.00. The van der Waals surface area contributed by atoms with Crippen LogP contribution in [-0.2, 0) is 6.42 Å². The van der Waals surface area contributed by atoms with Crippen LogP contribution in [0, 0.1) is 24.0 Å². The van der Waals surface area contributed by atoms with Crippen LogP contribution in [0.5, 0.6) is 5.75 Å². The van der Waals surface area contributed by atoms with Gasteiger partial charge >= 0.3 is 5.63 Å². The second-order valence-corrected chi connectivity index (χ2v) is 6.82. The van der Waals surface area contributed by atoms with Crippen molar-refractivity contribution in [2.45, 2.75) is 40.5 Å². The second-order valence-electron chi connectivity index (χ2n) is 6.82. The average Bonchev–Trinajstić information content (AvgIpc) is 2.64. The van der Waals surface area contributed by atoms with Crippen molar-refractivity contribution in [1.82, 2.24) is 0 Å². The summed E-state index contributed by atoms with van der Waals surface area (Å²) in [5, 5.41) is 10.7. The van der Waals surface area contributed by atoms with Gasteiger partial charge in [-0.15, -0.1) is 0 Å². The van der Waals surface area contributed by atoms with E-state index in [1.54, 1.807) is 26.2 Å². The zero-order valence-corrected chi connectivity index (χ0v) is 16.9. The standard InChI is InChI=1S/C22H25NO5/c1-14(6-11-20-16(3)21(27-5)17(4)22(24)28-20)12-15(2)13-18-7-9-19(10-8-18)23(25)26/h7-10,12-13H,6,11H2,1-5H3/b14-12+,15-13+. The molecule has 0 saturated carbocycles. The molecule has 0 bridgehead atoms. The largest absolute Gasteiger partial charge is 0.496 e. The van der Waals surface area contributed by atoms with Gasteiger partial charge in [-0.25, -0.2) is 4.79 Å². The number of non-ortho nitro benzene ring substituents is 1. The van der Waals surface area contributed by atoms with Gasteiger partial charge in [-0.2, -0.15) is 0 Å². The van der Waals surface area contributed by atoms with E-state index in [2.05, 4.69) is 6.08 Å². The van der Waals surface area contributed by atoms with Gasteiger partial charge in [0.15, 0.2) is 0 Å². The van der Waals surface area contributed by atoms with Gasteiger partial charge in [-0.05, 0) is 51.8 Å². The van der Waals surface area contributed by atoms with E-state index in [-0.39, 0.29) is 11.3 Å². The molecule has 2 aromatic rings. The molecule has 0 saturated heterocycles. The highest BCUT2D eigenvalue weighted by molar-refractivity contribution is 5.57. The Kier molecular flexibility index (Phi) is 6.93. The molecule has 0 radical (unpaired) electrons. The van der Waals surface area contributed by atoms with E-state index < -0.39 is 4.92 Å². The third kappa shape index (κ3) is 5.19. The van der Waals surface area contributed by atoms with Crippen LogP contribution < -0.4 is 10.4 Å². The summed E-state index contributed by atoms with van der Waals surface area (Å²) in [4.78, 5) is 22.3. The summed E-state index contributed by atoms with van der Waals surface area (Å²) in [5.74, 6) is 1.22. The van der Waals surface area contributed by atoms with E-state index in [4.69, 9.17) is 9.15 Å². The summed E-state index contributed by atoms with van der Waals surface area (Å²) in [7, 11) is 1.55. The van der Waals surface area contributed by atoms with E-state index in [9.17, 15) is 14.9 Å². The Morgan fingerprint density at radius 2 is 1.82 bits per heavy atom. The number of ether oxygens (including phenoxy) is 1. The molecule has 6 heteroatoms. The predicted octanol–water partition coefficient (Wildman–Crippen LogP) is 5.16. The normalized spacial score (nSPS) is 12.2. The molecule has 0 spiro atoms. The lowest BCUT2D eigenvalue weighted by Gasteiger charge is -2.11. The minimum Gasteiger partial charge on any atom is -0.496 e. The molecule has 0 fully saturated rings. The smallest absolute Gasteiger partial charge is 0.342 e. The fourth-order valence-electron chi connectivity index (χ4n) is 3.08. The van der Waals surface area contributed by atoms with Crippen molar-refractivity contribution in [3.63, 3.8) is 0 Å². The topological polar surface area (TPSA) is 82.6 Å². The van der Waals surface area contributed by atoms with Crippen molar-refractivity contribution < 1.29 is 14.1 Å². The van der Waals surface area contributed by atoms with Crippen molar-refractivity contribution in [2.24, 2.45) is 0 Å². The molecule has 0 aliphatic carbocycles. The summed E-state index contributed by atoms with van der Waals surface area (Å²) < 4.78 is 10.8. The van der Waals surface area contributed by atoms with E-state index in [1.807, 2.05) is 26.8 Å². The van der Waals surface area contributed by atoms with Crippen LogP contribution in [0.1, 0.15) is 42.7 Å². The summed E-state index contributed by atoms with van der Waals surface area (Å²) in [5.41, 5.74) is 4.12. The van der Waals surface area contributed by atoms with Gasteiger partial charge in [-0.3, -0.25) is 10.1 Å². The maximum atomic E-state index is 12.0. The molecule has 148 valence electrons. The lowest BCUT2D eigenvalue weighted by Crippen LogP contribution is -2.10. The summed E-state index contributed by atoms with van der Waals surface area (Å²) in [6.07, 6.45) is 5.36. The Hall–Kier alpha value is -3.15. The summed E-state index contributed by atoms with van der Waals surface area (Å²) >= 11 is 0. The Morgan fingerprint density at radius 3 is 2.39 bits per heavy atom. The quantitative estimate of drug-likeness (QED) is 0.375. The van der Waals surface area contributed by atoms with Crippen LogP contribution in [0.2, 0.25) is 0 Å². The highest BCUT2D eigenvalue weighted by atomic mass is 16.6. The van der Waals surface area contributed by atoms with Gasteiger partial charge in [0, 0.05) is 24.1 Å². The molecule has 1 heterocycles. The number of hydrogen-bond acceptors (Lipinski definition) is 5. The number of rotatable bonds is 7. The van der Waals surface area contributed by atoms with Crippen molar-refractivity contribution in [3.8, 4) is 5.75 Å². The molecule has 0 aliphatic rings. The third-order valence-electron chi connectivity index (χ3n) is 4.54. The minimum absolute atomic E-state index is 0.0758. The Morgan fingerprint density at radius 1 is 1.18 bits per heavy atom. The summed E-state index contributed by atoms with van der Waals surface area (Å²) in [6, 6.07) is 6.43. The van der Waals surface area contributed by atoms with E-state index in [1.165, 1.54) is 12.1 Å². The van der Waals surface area contributed by atoms with Crippen LogP contribution in [-0.4, -0.2) is 12.0 Å². The Bertz CT molecular complexity index is 981. The van der Waals surface area contributed by atoms with Crippen molar-refractivity contribution in [1.29, 1.82) is 0 Å². The molecule has 1 aromatic carbocycles. The molecule has 6 nitrogen and oxygen atoms in total. The van der Waals surface area contributed by atoms with Gasteiger partial charge < -0.3 is 9.15 Å². The number of allylic oxidation sites excluding steroid dienone is 3. The molecule has 28 heavy (non-hydrogen) atoms. The van der Waals surface area contributed by atoms with Crippen molar-refractivity contribution in [2.75, 3.05) is 7.11 Å². The average molecular weight is 383 g/mol. The molecule has 0 atom stereocenters. The molecular weight excluding hydrogens is 358 g/mol. The first-order valence-electron chi connectivity index (χ1n) is 9.00. The van der Waals surface area contributed by atoms with Gasteiger partial charge in [-0.1, -0.05) is 23.3 Å². The van der Waals surface area contributed by atoms with E-state index in [0.29, 0.717) is 23.5 Å². The van der Waals surface area contributed by atoms with Crippen LogP contribution in [0.3, 0.4) is 0 Å². The zero-order valence-electron chi connectivity index (χ0n) is 16.9. The number of nitro groups is 1. The van der Waals surface area contributed by atoms with Gasteiger partial charge in [0.05, 0.1) is 17.6 Å². The molecule has 0 unspecified atom stereocenters. The first kappa shape index (κ1) is 21.2. The van der Waals surface area contributed by atoms with Crippen molar-refractivity contribution >= 4 is 11.8 Å². The molecule has 0 amide bonds. The van der Waals surface area contributed by atoms with Crippen molar-refractivity contribution in [3.05, 3.63) is 84.5 Å². The maximum Gasteiger partial charge on any atom is 0.342 e. The molecule has 1 aromatic heterocycles. The number of benzene rings is 1. The predicted molar refractivity (Wildman–Crippen MR) is 110 cm³/mol. The number of methoxy groups -OCH3 is 1. The highest BCUT2D eigenvalue weighted by Crippen LogP contribution is 2.25. The molecular formula is C22H25NO5. The van der Waals surface area contributed by atoms with E-state index in [0.717, 1.165) is 28.7 Å². The van der Waals surface area contributed by atoms with Gasteiger partial charge in [0.25, 0.3) is 5.69 Å². The lowest BCUT2D eigenvalue weighted by atomic mass is 10.0. The lowest BCUT2D eigenvalue weighted by molar-refractivity contribution is -0.384. The number of nitrogens with zero attached hydrogens (tertiary/aromatic N) is 1. The number of aryl methyl sites for hydroxylation is 1. The van der Waals surface area contributed by atoms with Crippen LogP contribution in [0.25, 0.3) is 6.08 Å². The maximum absolute atomic E-state index is 12.0. The first-order chi connectivity index (χ1) is 13.2. The van der Waals surface area contributed by atoms with Gasteiger partial charge in [0.2, 0.25) is 0 Å². The second kappa shape index (κ2) is 9.17. The SMILES string of the molecule is COc1c(C)c(CC/C(C)=C/C(C)=C/c2ccc([N+](=O)[O-])cc2)oc(=O)c1C. The highest BCUT2D eigenvalue weighted by Gasteiger charge is 2.14. The van der Waals surface area contributed by atoms with Crippen LogP contribution >= 0.6 is 0 Å². The Labute approximate surface area is 164 Å². The summed E-state index contributed by atoms with van der Waals surface area (Å²) in [6.45, 7) is 7.58. The van der Waals surface area contributed by atoms with Gasteiger partial charge in [0.1, 0.15) is 11.5 Å². The zero-order chi connectivity index (χ0) is 20.8. The molecule has 0 N–H and O–H groups in total. The fraction of sp³-hybridized carbons (Fsp3) is 0.318. The Balaban J connectivity index is 2.11. The third-order valence-corrected chi connectivity index (χ3v) is 4.54. The number of hydrogen-bond donors (Lipinski definition) is 0. The minimum atomic E-state index is -0.412. The molecule has 0 aliphatic heterocycles. The fourth-order valence-corrected chi connectivity index (χ4v) is 3.08. The monoisotopic (exact) mass is 383 g/mol. The van der Waals surface area contributed by atoms with Crippen LogP contribution in [0.4, 0.5) is 5.69 Å². The molecule has 2 rings (SSSR count).